The van der Waals surface area contributed by atoms with Crippen LogP contribution in [0.4, 0.5) is 5.69 Å². The fraction of sp³-hybridized carbons (Fsp3) is 0.467. The van der Waals surface area contributed by atoms with E-state index in [1.54, 1.807) is 0 Å². The van der Waals surface area contributed by atoms with Crippen LogP contribution >= 0.6 is 0 Å². The predicted molar refractivity (Wildman–Crippen MR) is 144 cm³/mol. The molecule has 2 aromatic carbocycles. The highest BCUT2D eigenvalue weighted by Crippen LogP contribution is 2.60. The minimum atomic E-state index is -0.0458. The fourth-order valence-corrected chi connectivity index (χ4v) is 5.83. The lowest BCUT2D eigenvalue weighted by atomic mass is 9.90. The summed E-state index contributed by atoms with van der Waals surface area (Å²) in [7, 11) is 0. The van der Waals surface area contributed by atoms with Gasteiger partial charge in [0.15, 0.2) is 0 Å². The van der Waals surface area contributed by atoms with E-state index in [0.717, 1.165) is 77.3 Å². The van der Waals surface area contributed by atoms with Gasteiger partial charge in [0.2, 0.25) is 11.8 Å². The van der Waals surface area contributed by atoms with Crippen molar-refractivity contribution in [2.75, 3.05) is 51.1 Å². The van der Waals surface area contributed by atoms with Crippen molar-refractivity contribution in [3.8, 4) is 0 Å². The first-order valence-corrected chi connectivity index (χ1v) is 13.3. The van der Waals surface area contributed by atoms with Crippen molar-refractivity contribution in [3.05, 3.63) is 71.8 Å². The highest BCUT2D eigenvalue weighted by molar-refractivity contribution is 5.88. The van der Waals surface area contributed by atoms with E-state index in [-0.39, 0.29) is 17.2 Å². The first-order valence-electron chi connectivity index (χ1n) is 13.3. The number of carbonyl (C=O) groups is 2. The topological polar surface area (TPSA) is 55.9 Å². The zero-order valence-electron chi connectivity index (χ0n) is 21.4. The molecule has 6 heteroatoms. The number of likely N-dealkylation sites (tertiary alicyclic amines) is 1. The highest BCUT2D eigenvalue weighted by Gasteiger charge is 2.59. The number of nitrogens with one attached hydrogen (secondary N) is 1. The molecule has 2 saturated heterocycles. The Hall–Kier alpha value is -2.96. The number of piperazine rings is 1. The number of anilines is 1. The van der Waals surface area contributed by atoms with Crippen molar-refractivity contribution in [1.82, 2.24) is 14.7 Å². The van der Waals surface area contributed by atoms with Gasteiger partial charge in [-0.2, -0.15) is 0 Å². The van der Waals surface area contributed by atoms with Gasteiger partial charge < -0.3 is 10.2 Å². The minimum absolute atomic E-state index is 0.0458. The molecule has 1 saturated carbocycles. The van der Waals surface area contributed by atoms with Crippen LogP contribution in [0.5, 0.6) is 0 Å². The van der Waals surface area contributed by atoms with Gasteiger partial charge in [0.05, 0.1) is 0 Å². The van der Waals surface area contributed by atoms with Gasteiger partial charge in [-0.15, -0.1) is 0 Å². The number of carbonyl (C=O) groups excluding carboxylic acids is 2. The second-order valence-electron chi connectivity index (χ2n) is 10.7. The number of hydrogen-bond donors (Lipinski definition) is 1. The van der Waals surface area contributed by atoms with Crippen molar-refractivity contribution in [1.29, 1.82) is 0 Å². The molecule has 1 atom stereocenters. The molecule has 2 heterocycles. The summed E-state index contributed by atoms with van der Waals surface area (Å²) in [4.78, 5) is 31.5. The summed E-state index contributed by atoms with van der Waals surface area (Å²) in [6.07, 6.45) is 7.73. The van der Waals surface area contributed by atoms with Gasteiger partial charge in [0, 0.05) is 57.8 Å². The molecule has 0 aromatic heterocycles. The second-order valence-corrected chi connectivity index (χ2v) is 10.7. The Balaban J connectivity index is 1.03. The molecular formula is C30H38N4O2. The Bertz CT molecular complexity index is 1070. The van der Waals surface area contributed by atoms with Gasteiger partial charge in [0.25, 0.3) is 0 Å². The van der Waals surface area contributed by atoms with E-state index in [4.69, 9.17) is 0 Å². The lowest BCUT2D eigenvalue weighted by Gasteiger charge is -2.36. The van der Waals surface area contributed by atoms with Gasteiger partial charge in [-0.1, -0.05) is 54.6 Å². The van der Waals surface area contributed by atoms with E-state index in [9.17, 15) is 9.59 Å². The van der Waals surface area contributed by atoms with Crippen LogP contribution in [-0.2, 0) is 16.1 Å². The number of benzene rings is 2. The van der Waals surface area contributed by atoms with Crippen LogP contribution in [0.3, 0.4) is 0 Å². The molecule has 0 bridgehead atoms. The molecule has 3 aliphatic rings. The summed E-state index contributed by atoms with van der Waals surface area (Å²) in [6, 6.07) is 18.5. The van der Waals surface area contributed by atoms with Crippen LogP contribution in [0, 0.1) is 11.3 Å². The summed E-state index contributed by atoms with van der Waals surface area (Å²) >= 11 is 0. The van der Waals surface area contributed by atoms with Crippen LogP contribution < -0.4 is 5.32 Å². The quantitative estimate of drug-likeness (QED) is 0.640. The standard InChI is InChI=1S/C30H38N4O2/c1-24(35)31-27-11-9-26(10-12-27)23-33-16-13-30(14-17-33)22-28(30)29(36)34-20-18-32(19-21-34)15-5-8-25-6-3-2-4-7-25/h2-12,28H,13-23H2,1H3,(H,31,35)/b8-5+/t28-/m1/s1. The van der Waals surface area contributed by atoms with Crippen LogP contribution in [0.25, 0.3) is 6.08 Å². The molecule has 6 nitrogen and oxygen atoms in total. The third-order valence-corrected chi connectivity index (χ3v) is 8.18. The first kappa shape index (κ1) is 24.7. The van der Waals surface area contributed by atoms with Gasteiger partial charge in [-0.25, -0.2) is 0 Å². The normalized spacial score (nSPS) is 22.1. The number of rotatable bonds is 7. The Morgan fingerprint density at radius 1 is 0.917 bits per heavy atom. The maximum atomic E-state index is 13.3. The highest BCUT2D eigenvalue weighted by atomic mass is 16.2. The Morgan fingerprint density at radius 3 is 2.28 bits per heavy atom. The molecule has 0 unspecified atom stereocenters. The molecule has 2 amide bonds. The molecule has 1 N–H and O–H groups in total. The second kappa shape index (κ2) is 11.0. The lowest BCUT2D eigenvalue weighted by molar-refractivity contribution is -0.135. The number of nitrogens with zero attached hydrogens (tertiary/aromatic N) is 3. The monoisotopic (exact) mass is 486 g/mol. The molecular weight excluding hydrogens is 448 g/mol. The van der Waals surface area contributed by atoms with Crippen molar-refractivity contribution in [2.45, 2.75) is 32.7 Å². The molecule has 5 rings (SSSR count). The molecule has 3 fully saturated rings. The van der Waals surface area contributed by atoms with E-state index in [1.165, 1.54) is 18.1 Å². The van der Waals surface area contributed by atoms with Crippen LogP contribution in [0.1, 0.15) is 37.3 Å². The molecule has 190 valence electrons. The van der Waals surface area contributed by atoms with E-state index in [2.05, 4.69) is 68.6 Å². The molecule has 1 aliphatic carbocycles. The summed E-state index contributed by atoms with van der Waals surface area (Å²) in [5, 5.41) is 2.82. The average Bonchev–Trinajstić information content (AvgIpc) is 3.60. The molecule has 2 aromatic rings. The van der Waals surface area contributed by atoms with Crippen molar-refractivity contribution in [2.24, 2.45) is 11.3 Å². The van der Waals surface area contributed by atoms with Crippen LogP contribution in [0.15, 0.2) is 60.7 Å². The number of amides is 2. The third-order valence-electron chi connectivity index (χ3n) is 8.18. The lowest BCUT2D eigenvalue weighted by Crippen LogP contribution is -2.49. The minimum Gasteiger partial charge on any atom is -0.340 e. The summed E-state index contributed by atoms with van der Waals surface area (Å²) in [6.45, 7) is 9.12. The van der Waals surface area contributed by atoms with Crippen LogP contribution in [0.2, 0.25) is 0 Å². The predicted octanol–water partition coefficient (Wildman–Crippen LogP) is 4.10. The molecule has 1 spiro atoms. The fourth-order valence-electron chi connectivity index (χ4n) is 5.83. The van der Waals surface area contributed by atoms with E-state index in [1.807, 2.05) is 18.2 Å². The van der Waals surface area contributed by atoms with Gasteiger partial charge >= 0.3 is 0 Å². The SMILES string of the molecule is CC(=O)Nc1ccc(CN2CCC3(CC2)C[C@@H]3C(=O)N2CCN(C/C=C/c3ccccc3)CC2)cc1. The van der Waals surface area contributed by atoms with E-state index < -0.39 is 0 Å². The maximum Gasteiger partial charge on any atom is 0.226 e. The smallest absolute Gasteiger partial charge is 0.226 e. The average molecular weight is 487 g/mol. The molecule has 2 aliphatic heterocycles. The zero-order chi connectivity index (χ0) is 25.0. The Kier molecular flexibility index (Phi) is 7.54. The third kappa shape index (κ3) is 6.05. The van der Waals surface area contributed by atoms with Crippen molar-refractivity contribution < 1.29 is 9.59 Å². The number of piperidine rings is 1. The largest absolute Gasteiger partial charge is 0.340 e. The Morgan fingerprint density at radius 2 is 1.61 bits per heavy atom. The molecule has 36 heavy (non-hydrogen) atoms. The van der Waals surface area contributed by atoms with Crippen LogP contribution in [-0.4, -0.2) is 72.3 Å². The van der Waals surface area contributed by atoms with E-state index >= 15 is 0 Å². The Labute approximate surface area is 215 Å². The van der Waals surface area contributed by atoms with Gasteiger partial charge in [-0.05, 0) is 61.0 Å². The summed E-state index contributed by atoms with van der Waals surface area (Å²) in [5.74, 6) is 0.591. The summed E-state index contributed by atoms with van der Waals surface area (Å²) < 4.78 is 0. The van der Waals surface area contributed by atoms with Gasteiger partial charge in [-0.3, -0.25) is 19.4 Å². The van der Waals surface area contributed by atoms with Crippen molar-refractivity contribution >= 4 is 23.6 Å². The number of hydrogen-bond acceptors (Lipinski definition) is 4. The van der Waals surface area contributed by atoms with E-state index in [0.29, 0.717) is 5.91 Å². The molecule has 0 radical (unpaired) electrons. The maximum absolute atomic E-state index is 13.3. The van der Waals surface area contributed by atoms with Gasteiger partial charge in [0.1, 0.15) is 0 Å². The first-order chi connectivity index (χ1) is 17.5. The zero-order valence-corrected chi connectivity index (χ0v) is 21.4. The summed E-state index contributed by atoms with van der Waals surface area (Å²) in [5.41, 5.74) is 3.59. The van der Waals surface area contributed by atoms with Crippen molar-refractivity contribution in [3.63, 3.8) is 0 Å².